The van der Waals surface area contributed by atoms with Crippen LogP contribution in [0.5, 0.6) is 0 Å². The van der Waals surface area contributed by atoms with Crippen LogP contribution in [-0.2, 0) is 0 Å². The minimum absolute atomic E-state index is 0.586. The molecule has 0 atom stereocenters. The van der Waals surface area contributed by atoms with Crippen molar-refractivity contribution < 1.29 is 0 Å². The van der Waals surface area contributed by atoms with Gasteiger partial charge in [0.2, 0.25) is 0 Å². The minimum Gasteiger partial charge on any atom is -0.313 e. The van der Waals surface area contributed by atoms with Crippen LogP contribution in [0.1, 0.15) is 58.3 Å². The van der Waals surface area contributed by atoms with Crippen LogP contribution < -0.4 is 5.32 Å². The van der Waals surface area contributed by atoms with Crippen LogP contribution in [0.25, 0.3) is 0 Å². The largest absolute Gasteiger partial charge is 0.313 e. The van der Waals surface area contributed by atoms with Gasteiger partial charge in [-0.1, -0.05) is 18.6 Å². The highest BCUT2D eigenvalue weighted by molar-refractivity contribution is 5.22. The van der Waals surface area contributed by atoms with Gasteiger partial charge in [0.05, 0.1) is 0 Å². The van der Waals surface area contributed by atoms with Gasteiger partial charge in [-0.2, -0.15) is 0 Å². The van der Waals surface area contributed by atoms with E-state index in [-0.39, 0.29) is 0 Å². The van der Waals surface area contributed by atoms with Crippen molar-refractivity contribution in [2.24, 2.45) is 11.3 Å². The van der Waals surface area contributed by atoms with Gasteiger partial charge in [0.1, 0.15) is 0 Å². The fourth-order valence-electron chi connectivity index (χ4n) is 3.74. The fraction of sp³-hybridized carbons (Fsp3) is 0.867. The maximum absolute atomic E-state index is 3.78. The second kappa shape index (κ2) is 4.18. The van der Waals surface area contributed by atoms with Crippen molar-refractivity contribution in [1.29, 1.82) is 0 Å². The Kier molecular flexibility index (Phi) is 2.83. The topological polar surface area (TPSA) is 12.0 Å². The van der Waals surface area contributed by atoms with Crippen LogP contribution in [0.15, 0.2) is 11.6 Å². The van der Waals surface area contributed by atoms with Crippen molar-refractivity contribution in [3.63, 3.8) is 0 Å². The lowest BCUT2D eigenvalue weighted by Gasteiger charge is -2.49. The van der Waals surface area contributed by atoms with Gasteiger partial charge in [-0.05, 0) is 57.3 Å². The van der Waals surface area contributed by atoms with Gasteiger partial charge < -0.3 is 5.32 Å². The molecule has 0 aromatic heterocycles. The summed E-state index contributed by atoms with van der Waals surface area (Å²) in [6.45, 7) is 3.69. The molecule has 1 heteroatoms. The van der Waals surface area contributed by atoms with Crippen LogP contribution in [0.3, 0.4) is 0 Å². The van der Waals surface area contributed by atoms with E-state index in [1.54, 1.807) is 0 Å². The van der Waals surface area contributed by atoms with Gasteiger partial charge in [-0.25, -0.2) is 0 Å². The third kappa shape index (κ3) is 2.07. The molecule has 0 bridgehead atoms. The molecule has 1 nitrogen and oxygen atoms in total. The fourth-order valence-corrected chi connectivity index (χ4v) is 3.74. The van der Waals surface area contributed by atoms with Crippen molar-refractivity contribution in [3.8, 4) is 0 Å². The Labute approximate surface area is 99.7 Å². The summed E-state index contributed by atoms with van der Waals surface area (Å²) in [7, 11) is 0. The lowest BCUT2D eigenvalue weighted by Crippen LogP contribution is -2.46. The number of hydrogen-bond donors (Lipinski definition) is 1. The average Bonchev–Trinajstić information content (AvgIpc) is 3.08. The van der Waals surface area contributed by atoms with Crippen LogP contribution in [0.2, 0.25) is 0 Å². The third-order valence-electron chi connectivity index (χ3n) is 4.76. The first-order valence-corrected chi connectivity index (χ1v) is 7.21. The molecule has 0 radical (unpaired) electrons. The maximum Gasteiger partial charge on any atom is 0.00685 e. The maximum atomic E-state index is 3.78. The summed E-state index contributed by atoms with van der Waals surface area (Å²) in [6, 6.07) is 0.872. The standard InChI is InChI=1S/C15H25N/c1-12-9-15(10-12,11-16-14-7-8-14)13-5-3-2-4-6-13/h5,12,14,16H,2-4,6-11H2,1H3. The Morgan fingerprint density at radius 3 is 2.69 bits per heavy atom. The molecule has 2 fully saturated rings. The Balaban J connectivity index is 1.66. The van der Waals surface area contributed by atoms with E-state index in [2.05, 4.69) is 18.3 Å². The number of allylic oxidation sites excluding steroid dienone is 1. The van der Waals surface area contributed by atoms with Gasteiger partial charge in [-0.15, -0.1) is 0 Å². The molecule has 0 unspecified atom stereocenters. The molecule has 2 saturated carbocycles. The highest BCUT2D eigenvalue weighted by atomic mass is 15.0. The molecule has 0 aromatic rings. The summed E-state index contributed by atoms with van der Waals surface area (Å²) in [5.41, 5.74) is 2.40. The van der Waals surface area contributed by atoms with Gasteiger partial charge >= 0.3 is 0 Å². The van der Waals surface area contributed by atoms with Gasteiger partial charge in [0.25, 0.3) is 0 Å². The van der Waals surface area contributed by atoms with E-state index in [4.69, 9.17) is 0 Å². The zero-order chi connectivity index (χ0) is 11.0. The van der Waals surface area contributed by atoms with Gasteiger partial charge in [-0.3, -0.25) is 0 Å². The van der Waals surface area contributed by atoms with E-state index in [9.17, 15) is 0 Å². The zero-order valence-corrected chi connectivity index (χ0v) is 10.6. The molecule has 90 valence electrons. The molecule has 3 rings (SSSR count). The Morgan fingerprint density at radius 1 is 1.31 bits per heavy atom. The summed E-state index contributed by atoms with van der Waals surface area (Å²) in [5, 5.41) is 3.78. The van der Waals surface area contributed by atoms with E-state index in [1.807, 2.05) is 5.57 Å². The normalized spacial score (nSPS) is 39.1. The summed E-state index contributed by atoms with van der Waals surface area (Å²) in [4.78, 5) is 0. The zero-order valence-electron chi connectivity index (χ0n) is 10.6. The molecule has 0 spiro atoms. The van der Waals surface area contributed by atoms with E-state index < -0.39 is 0 Å². The second-order valence-electron chi connectivity index (χ2n) is 6.42. The molecule has 1 N–H and O–H groups in total. The van der Waals surface area contributed by atoms with Gasteiger partial charge in [0.15, 0.2) is 0 Å². The molecule has 0 saturated heterocycles. The van der Waals surface area contributed by atoms with E-state index >= 15 is 0 Å². The monoisotopic (exact) mass is 219 g/mol. The smallest absolute Gasteiger partial charge is 0.00685 e. The van der Waals surface area contributed by atoms with Crippen LogP contribution in [0, 0.1) is 11.3 Å². The highest BCUT2D eigenvalue weighted by Gasteiger charge is 2.45. The minimum atomic E-state index is 0.586. The lowest BCUT2D eigenvalue weighted by molar-refractivity contribution is 0.0996. The van der Waals surface area contributed by atoms with E-state index in [0.29, 0.717) is 5.41 Å². The van der Waals surface area contributed by atoms with E-state index in [0.717, 1.165) is 12.0 Å². The molecule has 0 amide bonds. The predicted octanol–water partition coefficient (Wildman–Crippen LogP) is 3.66. The Morgan fingerprint density at radius 2 is 2.12 bits per heavy atom. The molecule has 3 aliphatic carbocycles. The van der Waals surface area contributed by atoms with E-state index in [1.165, 1.54) is 57.9 Å². The Hall–Kier alpha value is -0.300. The van der Waals surface area contributed by atoms with Gasteiger partial charge in [0, 0.05) is 18.0 Å². The molecule has 0 aliphatic heterocycles. The summed E-state index contributed by atoms with van der Waals surface area (Å²) in [6.07, 6.45) is 13.9. The van der Waals surface area contributed by atoms with Crippen molar-refractivity contribution >= 4 is 0 Å². The van der Waals surface area contributed by atoms with Crippen LogP contribution in [-0.4, -0.2) is 12.6 Å². The van der Waals surface area contributed by atoms with Crippen molar-refractivity contribution in [3.05, 3.63) is 11.6 Å². The first-order chi connectivity index (χ1) is 7.78. The van der Waals surface area contributed by atoms with Crippen molar-refractivity contribution in [2.75, 3.05) is 6.54 Å². The third-order valence-corrected chi connectivity index (χ3v) is 4.76. The second-order valence-corrected chi connectivity index (χ2v) is 6.42. The molecular formula is C15H25N. The molecular weight excluding hydrogens is 194 g/mol. The number of nitrogens with one attached hydrogen (secondary N) is 1. The quantitative estimate of drug-likeness (QED) is 0.712. The SMILES string of the molecule is CC1CC(CNC2CC2)(C2=CCCCC2)C1. The summed E-state index contributed by atoms with van der Waals surface area (Å²) < 4.78 is 0. The van der Waals surface area contributed by atoms with Crippen molar-refractivity contribution in [1.82, 2.24) is 5.32 Å². The molecule has 0 heterocycles. The number of rotatable bonds is 4. The highest BCUT2D eigenvalue weighted by Crippen LogP contribution is 2.52. The Bertz CT molecular complexity index is 282. The number of hydrogen-bond acceptors (Lipinski definition) is 1. The summed E-state index contributed by atoms with van der Waals surface area (Å²) in [5.74, 6) is 0.962. The summed E-state index contributed by atoms with van der Waals surface area (Å²) >= 11 is 0. The molecule has 16 heavy (non-hydrogen) atoms. The molecule has 0 aromatic carbocycles. The van der Waals surface area contributed by atoms with Crippen LogP contribution >= 0.6 is 0 Å². The first-order valence-electron chi connectivity index (χ1n) is 7.21. The lowest BCUT2D eigenvalue weighted by atomic mass is 9.57. The average molecular weight is 219 g/mol. The van der Waals surface area contributed by atoms with Crippen LogP contribution in [0.4, 0.5) is 0 Å². The molecule has 3 aliphatic rings. The predicted molar refractivity (Wildman–Crippen MR) is 68.4 cm³/mol. The van der Waals surface area contributed by atoms with Crippen molar-refractivity contribution in [2.45, 2.75) is 64.3 Å². The first kappa shape index (κ1) is 10.8.